The molecule has 154 valence electrons. The zero-order valence-corrected chi connectivity index (χ0v) is 16.6. The molecular weight excluding hydrogens is 372 g/mol. The van der Waals surface area contributed by atoms with Gasteiger partial charge in [0.15, 0.2) is 0 Å². The van der Waals surface area contributed by atoms with Crippen LogP contribution in [0.2, 0.25) is 0 Å². The Balaban J connectivity index is 1.71. The average molecular weight is 398 g/mol. The molecule has 0 spiro atoms. The fourth-order valence-electron chi connectivity index (χ4n) is 2.79. The van der Waals surface area contributed by atoms with Gasteiger partial charge in [0, 0.05) is 30.8 Å². The van der Waals surface area contributed by atoms with Gasteiger partial charge in [-0.05, 0) is 38.6 Å². The number of nitrogens with zero attached hydrogens (tertiary/aromatic N) is 2. The van der Waals surface area contributed by atoms with Gasteiger partial charge in [0.2, 0.25) is 5.91 Å². The van der Waals surface area contributed by atoms with Gasteiger partial charge in [-0.15, -0.1) is 0 Å². The number of benzene rings is 2. The molecule has 29 heavy (non-hydrogen) atoms. The van der Waals surface area contributed by atoms with Gasteiger partial charge >= 0.3 is 0 Å². The standard InChI is InChI=1S/C21H26N4O4/c1-16(23-21(27)18-10-6-11-19(14-18)25(28)29)20(26)22-12-7-13-24(2)15-17-8-4-3-5-9-17/h3-6,8-11,14,16H,7,12-13,15H2,1-2H3,(H,22,26)(H,23,27). The Morgan fingerprint density at radius 2 is 1.86 bits per heavy atom. The minimum absolute atomic E-state index is 0.140. The second kappa shape index (κ2) is 10.9. The highest BCUT2D eigenvalue weighted by Gasteiger charge is 2.18. The summed E-state index contributed by atoms with van der Waals surface area (Å²) >= 11 is 0. The molecule has 2 rings (SSSR count). The monoisotopic (exact) mass is 398 g/mol. The molecule has 0 heterocycles. The number of carbonyl (C=O) groups excluding carboxylic acids is 2. The van der Waals surface area contributed by atoms with Crippen molar-refractivity contribution in [2.75, 3.05) is 20.1 Å². The Bertz CT molecular complexity index is 842. The molecule has 0 aliphatic carbocycles. The molecular formula is C21H26N4O4. The summed E-state index contributed by atoms with van der Waals surface area (Å²) < 4.78 is 0. The first-order chi connectivity index (χ1) is 13.9. The predicted octanol–water partition coefficient (Wildman–Crippen LogP) is 2.35. The van der Waals surface area contributed by atoms with Gasteiger partial charge in [0.1, 0.15) is 6.04 Å². The fraction of sp³-hybridized carbons (Fsp3) is 0.333. The first kappa shape index (κ1) is 22.0. The smallest absolute Gasteiger partial charge is 0.270 e. The van der Waals surface area contributed by atoms with Crippen molar-refractivity contribution in [1.82, 2.24) is 15.5 Å². The van der Waals surface area contributed by atoms with Gasteiger partial charge in [-0.1, -0.05) is 36.4 Å². The van der Waals surface area contributed by atoms with Gasteiger partial charge in [-0.25, -0.2) is 0 Å². The van der Waals surface area contributed by atoms with Gasteiger partial charge in [-0.3, -0.25) is 19.7 Å². The molecule has 0 saturated carbocycles. The van der Waals surface area contributed by atoms with Crippen LogP contribution in [0.4, 0.5) is 5.69 Å². The number of hydrogen-bond acceptors (Lipinski definition) is 5. The van der Waals surface area contributed by atoms with Crippen LogP contribution in [-0.2, 0) is 11.3 Å². The summed E-state index contributed by atoms with van der Waals surface area (Å²) in [6, 6.07) is 14.8. The lowest BCUT2D eigenvalue weighted by Gasteiger charge is -2.18. The van der Waals surface area contributed by atoms with Crippen molar-refractivity contribution in [3.8, 4) is 0 Å². The van der Waals surface area contributed by atoms with Crippen molar-refractivity contribution in [3.63, 3.8) is 0 Å². The lowest BCUT2D eigenvalue weighted by Crippen LogP contribution is -2.45. The Morgan fingerprint density at radius 3 is 2.55 bits per heavy atom. The normalized spacial score (nSPS) is 11.7. The Labute approximate surface area is 170 Å². The second-order valence-electron chi connectivity index (χ2n) is 6.87. The third-order valence-electron chi connectivity index (χ3n) is 4.37. The van der Waals surface area contributed by atoms with Crippen molar-refractivity contribution in [1.29, 1.82) is 0 Å². The van der Waals surface area contributed by atoms with E-state index in [0.717, 1.165) is 19.5 Å². The number of nitro benzene ring substituents is 1. The van der Waals surface area contributed by atoms with Crippen molar-refractivity contribution in [2.45, 2.75) is 25.9 Å². The van der Waals surface area contributed by atoms with E-state index in [9.17, 15) is 19.7 Å². The third-order valence-corrected chi connectivity index (χ3v) is 4.37. The van der Waals surface area contributed by atoms with Crippen LogP contribution < -0.4 is 10.6 Å². The summed E-state index contributed by atoms with van der Waals surface area (Å²) in [4.78, 5) is 36.8. The van der Waals surface area contributed by atoms with Crippen LogP contribution in [0.5, 0.6) is 0 Å². The second-order valence-corrected chi connectivity index (χ2v) is 6.87. The van der Waals surface area contributed by atoms with E-state index in [0.29, 0.717) is 6.54 Å². The highest BCUT2D eigenvalue weighted by molar-refractivity contribution is 5.97. The van der Waals surface area contributed by atoms with Crippen LogP contribution in [0.3, 0.4) is 0 Å². The molecule has 8 nitrogen and oxygen atoms in total. The van der Waals surface area contributed by atoms with E-state index in [1.165, 1.54) is 29.8 Å². The van der Waals surface area contributed by atoms with Crippen LogP contribution in [0.25, 0.3) is 0 Å². The number of nitrogens with one attached hydrogen (secondary N) is 2. The number of rotatable bonds is 10. The summed E-state index contributed by atoms with van der Waals surface area (Å²) in [6.45, 7) is 3.73. The van der Waals surface area contributed by atoms with Crippen molar-refractivity contribution in [2.24, 2.45) is 0 Å². The molecule has 1 atom stereocenters. The maximum atomic E-state index is 12.2. The quantitative estimate of drug-likeness (QED) is 0.363. The number of non-ortho nitro benzene ring substituents is 1. The lowest BCUT2D eigenvalue weighted by molar-refractivity contribution is -0.384. The first-order valence-electron chi connectivity index (χ1n) is 9.42. The molecule has 0 aromatic heterocycles. The number of amides is 2. The lowest BCUT2D eigenvalue weighted by atomic mass is 10.1. The minimum Gasteiger partial charge on any atom is -0.354 e. The third kappa shape index (κ3) is 7.34. The summed E-state index contributed by atoms with van der Waals surface area (Å²) in [5.74, 6) is -0.826. The van der Waals surface area contributed by atoms with Crippen molar-refractivity contribution >= 4 is 17.5 Å². The van der Waals surface area contributed by atoms with Gasteiger partial charge in [0.05, 0.1) is 4.92 Å². The van der Waals surface area contributed by atoms with Gasteiger partial charge in [-0.2, -0.15) is 0 Å². The summed E-state index contributed by atoms with van der Waals surface area (Å²) in [5, 5.41) is 16.2. The van der Waals surface area contributed by atoms with E-state index in [2.05, 4.69) is 27.7 Å². The molecule has 0 aliphatic rings. The molecule has 0 saturated heterocycles. The maximum absolute atomic E-state index is 12.2. The molecule has 8 heteroatoms. The van der Waals surface area contributed by atoms with Crippen LogP contribution in [0.1, 0.15) is 29.3 Å². The molecule has 2 aromatic carbocycles. The Kier molecular flexibility index (Phi) is 8.29. The van der Waals surface area contributed by atoms with Crippen molar-refractivity contribution < 1.29 is 14.5 Å². The summed E-state index contributed by atoms with van der Waals surface area (Å²) in [5.41, 5.74) is 1.20. The fourth-order valence-corrected chi connectivity index (χ4v) is 2.79. The predicted molar refractivity (Wildman–Crippen MR) is 110 cm³/mol. The van der Waals surface area contributed by atoms with E-state index in [1.807, 2.05) is 25.2 Å². The molecule has 0 aliphatic heterocycles. The molecule has 0 fully saturated rings. The van der Waals surface area contributed by atoms with Crippen LogP contribution in [0, 0.1) is 10.1 Å². The summed E-state index contributed by atoms with van der Waals surface area (Å²) in [7, 11) is 2.02. The minimum atomic E-state index is -0.746. The highest BCUT2D eigenvalue weighted by Crippen LogP contribution is 2.13. The summed E-state index contributed by atoms with van der Waals surface area (Å²) in [6.07, 6.45) is 0.778. The van der Waals surface area contributed by atoms with Crippen LogP contribution >= 0.6 is 0 Å². The number of nitro groups is 1. The van der Waals surface area contributed by atoms with E-state index in [1.54, 1.807) is 6.92 Å². The Hall–Kier alpha value is -3.26. The Morgan fingerprint density at radius 1 is 1.14 bits per heavy atom. The zero-order chi connectivity index (χ0) is 21.2. The number of hydrogen-bond donors (Lipinski definition) is 2. The SMILES string of the molecule is CC(NC(=O)c1cccc([N+](=O)[O-])c1)C(=O)NCCCN(C)Cc1ccccc1. The molecule has 2 aromatic rings. The molecule has 2 amide bonds. The van der Waals surface area contributed by atoms with E-state index >= 15 is 0 Å². The van der Waals surface area contributed by atoms with Gasteiger partial charge in [0.25, 0.3) is 11.6 Å². The van der Waals surface area contributed by atoms with Gasteiger partial charge < -0.3 is 15.5 Å². The van der Waals surface area contributed by atoms with E-state index < -0.39 is 16.9 Å². The topological polar surface area (TPSA) is 105 Å². The number of carbonyl (C=O) groups is 2. The molecule has 0 bridgehead atoms. The van der Waals surface area contributed by atoms with Crippen LogP contribution in [-0.4, -0.2) is 47.8 Å². The largest absolute Gasteiger partial charge is 0.354 e. The zero-order valence-electron chi connectivity index (χ0n) is 16.6. The van der Waals surface area contributed by atoms with E-state index in [4.69, 9.17) is 0 Å². The highest BCUT2D eigenvalue weighted by atomic mass is 16.6. The van der Waals surface area contributed by atoms with E-state index in [-0.39, 0.29) is 17.2 Å². The molecule has 1 unspecified atom stereocenters. The van der Waals surface area contributed by atoms with Crippen LogP contribution in [0.15, 0.2) is 54.6 Å². The first-order valence-corrected chi connectivity index (χ1v) is 9.42. The molecule has 0 radical (unpaired) electrons. The maximum Gasteiger partial charge on any atom is 0.270 e. The van der Waals surface area contributed by atoms with Crippen molar-refractivity contribution in [3.05, 3.63) is 75.8 Å². The average Bonchev–Trinajstić information content (AvgIpc) is 2.71. The molecule has 2 N–H and O–H groups in total.